The summed E-state index contributed by atoms with van der Waals surface area (Å²) in [6, 6.07) is 8.57. The number of carbonyl (C=O) groups excluding carboxylic acids is 1. The topological polar surface area (TPSA) is 46.3 Å². The monoisotopic (exact) mass is 316 g/mol. The standard InChI is InChI=1S/C18H21FN2O2/c1-13-11-17(20-23-13)18(22)21-10-4-5-14(12-21)8-9-15-6-2-3-7-16(15)19/h2-3,6-7,11,14H,4-5,8-10,12H2,1H3/t14-/m1/s1. The van der Waals surface area contributed by atoms with Crippen LogP contribution in [0.3, 0.4) is 0 Å². The molecule has 4 nitrogen and oxygen atoms in total. The molecule has 1 fully saturated rings. The lowest BCUT2D eigenvalue weighted by molar-refractivity contribution is 0.0657. The Morgan fingerprint density at radius 2 is 2.26 bits per heavy atom. The second kappa shape index (κ2) is 6.94. The van der Waals surface area contributed by atoms with Gasteiger partial charge in [0.25, 0.3) is 5.91 Å². The highest BCUT2D eigenvalue weighted by molar-refractivity contribution is 5.92. The van der Waals surface area contributed by atoms with Crippen LogP contribution in [0.25, 0.3) is 0 Å². The average Bonchev–Trinajstić information content (AvgIpc) is 3.00. The van der Waals surface area contributed by atoms with Crippen molar-refractivity contribution in [2.24, 2.45) is 5.92 Å². The summed E-state index contributed by atoms with van der Waals surface area (Å²) in [7, 11) is 0. The minimum Gasteiger partial charge on any atom is -0.361 e. The van der Waals surface area contributed by atoms with E-state index in [1.165, 1.54) is 6.07 Å². The number of rotatable bonds is 4. The van der Waals surface area contributed by atoms with E-state index in [1.54, 1.807) is 19.1 Å². The van der Waals surface area contributed by atoms with Gasteiger partial charge in [-0.3, -0.25) is 4.79 Å². The lowest BCUT2D eigenvalue weighted by Crippen LogP contribution is -2.40. The Balaban J connectivity index is 1.58. The van der Waals surface area contributed by atoms with Crippen LogP contribution in [0.4, 0.5) is 4.39 Å². The summed E-state index contributed by atoms with van der Waals surface area (Å²) in [5, 5.41) is 3.81. The van der Waals surface area contributed by atoms with Crippen molar-refractivity contribution in [2.75, 3.05) is 13.1 Å². The summed E-state index contributed by atoms with van der Waals surface area (Å²) in [4.78, 5) is 14.3. The maximum absolute atomic E-state index is 13.7. The van der Waals surface area contributed by atoms with Crippen molar-refractivity contribution in [3.8, 4) is 0 Å². The number of carbonyl (C=O) groups is 1. The van der Waals surface area contributed by atoms with Gasteiger partial charge in [0, 0.05) is 19.2 Å². The summed E-state index contributed by atoms with van der Waals surface area (Å²) in [5.41, 5.74) is 1.13. The predicted molar refractivity (Wildman–Crippen MR) is 84.6 cm³/mol. The largest absolute Gasteiger partial charge is 0.361 e. The molecule has 5 heteroatoms. The molecule has 1 aromatic heterocycles. The van der Waals surface area contributed by atoms with E-state index < -0.39 is 0 Å². The highest BCUT2D eigenvalue weighted by Gasteiger charge is 2.26. The molecule has 0 aliphatic carbocycles. The molecular formula is C18H21FN2O2. The van der Waals surface area contributed by atoms with Crippen molar-refractivity contribution in [1.29, 1.82) is 0 Å². The zero-order valence-corrected chi connectivity index (χ0v) is 13.3. The van der Waals surface area contributed by atoms with Crippen LogP contribution in [0.15, 0.2) is 34.9 Å². The summed E-state index contributed by atoms with van der Waals surface area (Å²) in [6.07, 6.45) is 3.66. The number of nitrogens with zero attached hydrogens (tertiary/aromatic N) is 2. The van der Waals surface area contributed by atoms with E-state index in [0.717, 1.165) is 31.4 Å². The number of halogens is 1. The van der Waals surface area contributed by atoms with E-state index in [1.807, 2.05) is 17.0 Å². The molecule has 1 amide bonds. The highest BCUT2D eigenvalue weighted by atomic mass is 19.1. The van der Waals surface area contributed by atoms with Crippen LogP contribution in [0, 0.1) is 18.7 Å². The number of hydrogen-bond acceptors (Lipinski definition) is 3. The summed E-state index contributed by atoms with van der Waals surface area (Å²) in [6.45, 7) is 3.23. The third kappa shape index (κ3) is 3.78. The number of hydrogen-bond donors (Lipinski definition) is 0. The molecule has 1 aliphatic rings. The van der Waals surface area contributed by atoms with Crippen LogP contribution in [0.5, 0.6) is 0 Å². The molecule has 23 heavy (non-hydrogen) atoms. The normalized spacial score (nSPS) is 18.2. The molecule has 1 saturated heterocycles. The molecule has 1 atom stereocenters. The number of likely N-dealkylation sites (tertiary alicyclic amines) is 1. The fraction of sp³-hybridized carbons (Fsp3) is 0.444. The first-order valence-corrected chi connectivity index (χ1v) is 8.09. The number of piperidine rings is 1. The van der Waals surface area contributed by atoms with Crippen LogP contribution in [0.1, 0.15) is 41.1 Å². The van der Waals surface area contributed by atoms with Gasteiger partial charge in [-0.1, -0.05) is 23.4 Å². The van der Waals surface area contributed by atoms with Gasteiger partial charge in [0.15, 0.2) is 5.69 Å². The van der Waals surface area contributed by atoms with E-state index in [2.05, 4.69) is 5.16 Å². The van der Waals surface area contributed by atoms with Gasteiger partial charge in [-0.25, -0.2) is 4.39 Å². The number of amides is 1. The molecule has 0 radical (unpaired) electrons. The Morgan fingerprint density at radius 1 is 1.43 bits per heavy atom. The second-order valence-electron chi connectivity index (χ2n) is 6.21. The maximum Gasteiger partial charge on any atom is 0.276 e. The van der Waals surface area contributed by atoms with Gasteiger partial charge in [-0.15, -0.1) is 0 Å². The Labute approximate surface area is 135 Å². The van der Waals surface area contributed by atoms with Crippen molar-refractivity contribution in [1.82, 2.24) is 10.1 Å². The van der Waals surface area contributed by atoms with Crippen LogP contribution in [-0.2, 0) is 6.42 Å². The third-order valence-corrected chi connectivity index (χ3v) is 4.43. The van der Waals surface area contributed by atoms with E-state index >= 15 is 0 Å². The molecule has 0 N–H and O–H groups in total. The molecular weight excluding hydrogens is 295 g/mol. The molecule has 2 aromatic rings. The van der Waals surface area contributed by atoms with Crippen molar-refractivity contribution in [2.45, 2.75) is 32.6 Å². The fourth-order valence-electron chi connectivity index (χ4n) is 3.18. The van der Waals surface area contributed by atoms with Gasteiger partial charge in [-0.05, 0) is 50.2 Å². The number of aromatic nitrogens is 1. The molecule has 122 valence electrons. The molecule has 2 heterocycles. The zero-order valence-electron chi connectivity index (χ0n) is 13.3. The number of aryl methyl sites for hydroxylation is 2. The smallest absolute Gasteiger partial charge is 0.276 e. The quantitative estimate of drug-likeness (QED) is 0.865. The van der Waals surface area contributed by atoms with Gasteiger partial charge >= 0.3 is 0 Å². The molecule has 1 aliphatic heterocycles. The zero-order chi connectivity index (χ0) is 16.2. The molecule has 1 aromatic carbocycles. The molecule has 0 unspecified atom stereocenters. The minimum atomic E-state index is -0.144. The average molecular weight is 316 g/mol. The summed E-state index contributed by atoms with van der Waals surface area (Å²) in [5.74, 6) is 0.827. The van der Waals surface area contributed by atoms with Gasteiger partial charge in [-0.2, -0.15) is 0 Å². The Kier molecular flexibility index (Phi) is 4.74. The van der Waals surface area contributed by atoms with Crippen LogP contribution in [-0.4, -0.2) is 29.1 Å². The minimum absolute atomic E-state index is 0.0718. The Morgan fingerprint density at radius 3 is 3.00 bits per heavy atom. The summed E-state index contributed by atoms with van der Waals surface area (Å²) < 4.78 is 18.7. The predicted octanol–water partition coefficient (Wildman–Crippen LogP) is 3.61. The van der Waals surface area contributed by atoms with Gasteiger partial charge in [0.2, 0.25) is 0 Å². The van der Waals surface area contributed by atoms with E-state index in [-0.39, 0.29) is 11.7 Å². The van der Waals surface area contributed by atoms with Gasteiger partial charge in [0.05, 0.1) is 0 Å². The van der Waals surface area contributed by atoms with E-state index in [0.29, 0.717) is 30.3 Å². The first-order valence-electron chi connectivity index (χ1n) is 8.09. The van der Waals surface area contributed by atoms with Gasteiger partial charge < -0.3 is 9.42 Å². The molecule has 3 rings (SSSR count). The first-order chi connectivity index (χ1) is 11.1. The van der Waals surface area contributed by atoms with E-state index in [4.69, 9.17) is 4.52 Å². The van der Waals surface area contributed by atoms with Crippen molar-refractivity contribution in [3.05, 3.63) is 53.2 Å². The fourth-order valence-corrected chi connectivity index (χ4v) is 3.18. The highest BCUT2D eigenvalue weighted by Crippen LogP contribution is 2.23. The lowest BCUT2D eigenvalue weighted by Gasteiger charge is -2.32. The second-order valence-corrected chi connectivity index (χ2v) is 6.21. The Hall–Kier alpha value is -2.17. The first kappa shape index (κ1) is 15.7. The third-order valence-electron chi connectivity index (χ3n) is 4.43. The molecule has 0 spiro atoms. The lowest BCUT2D eigenvalue weighted by atomic mass is 9.91. The maximum atomic E-state index is 13.7. The van der Waals surface area contributed by atoms with Crippen molar-refractivity contribution >= 4 is 5.91 Å². The molecule has 0 saturated carbocycles. The van der Waals surface area contributed by atoms with Crippen LogP contribution in [0.2, 0.25) is 0 Å². The van der Waals surface area contributed by atoms with Crippen LogP contribution < -0.4 is 0 Å². The van der Waals surface area contributed by atoms with E-state index in [9.17, 15) is 9.18 Å². The van der Waals surface area contributed by atoms with Crippen LogP contribution >= 0.6 is 0 Å². The number of benzene rings is 1. The van der Waals surface area contributed by atoms with Crippen molar-refractivity contribution < 1.29 is 13.7 Å². The Bertz CT molecular complexity index is 683. The van der Waals surface area contributed by atoms with Crippen molar-refractivity contribution in [3.63, 3.8) is 0 Å². The summed E-state index contributed by atoms with van der Waals surface area (Å²) >= 11 is 0. The van der Waals surface area contributed by atoms with Gasteiger partial charge in [0.1, 0.15) is 11.6 Å². The SMILES string of the molecule is Cc1cc(C(=O)N2CCC[C@H](CCc3ccccc3F)C2)no1. The molecule has 0 bridgehead atoms.